The Bertz CT molecular complexity index is 969. The molecule has 0 radical (unpaired) electrons. The number of rotatable bonds is 5. The Morgan fingerprint density at radius 1 is 1.04 bits per heavy atom. The summed E-state index contributed by atoms with van der Waals surface area (Å²) in [5.74, 6) is 1.01. The maximum Gasteiger partial charge on any atom is 0.253 e. The fourth-order valence-electron chi connectivity index (χ4n) is 3.20. The van der Waals surface area contributed by atoms with Crippen LogP contribution in [-0.4, -0.2) is 33.8 Å². The van der Waals surface area contributed by atoms with Crippen molar-refractivity contribution < 1.29 is 22.7 Å². The first-order valence-electron chi connectivity index (χ1n) is 9.27. The third-order valence-corrected chi connectivity index (χ3v) is 5.77. The van der Waals surface area contributed by atoms with E-state index in [0.29, 0.717) is 24.7 Å². The molecular weight excluding hydrogens is 378 g/mol. The molecule has 0 saturated heterocycles. The van der Waals surface area contributed by atoms with Gasteiger partial charge < -0.3 is 14.8 Å². The summed E-state index contributed by atoms with van der Waals surface area (Å²) in [6, 6.07) is 11.6. The first-order valence-corrected chi connectivity index (χ1v) is 11.2. The zero-order valence-corrected chi connectivity index (χ0v) is 17.1. The van der Waals surface area contributed by atoms with Crippen molar-refractivity contribution in [1.82, 2.24) is 5.32 Å². The van der Waals surface area contributed by atoms with Crippen LogP contribution in [0.3, 0.4) is 0 Å². The lowest BCUT2D eigenvalue weighted by Crippen LogP contribution is -2.32. The molecule has 2 aromatic rings. The highest BCUT2D eigenvalue weighted by Gasteiger charge is 2.24. The van der Waals surface area contributed by atoms with Gasteiger partial charge in [-0.25, -0.2) is 8.42 Å². The van der Waals surface area contributed by atoms with E-state index in [4.69, 9.17) is 9.47 Å². The highest BCUT2D eigenvalue weighted by atomic mass is 32.2. The van der Waals surface area contributed by atoms with Crippen molar-refractivity contribution in [2.45, 2.75) is 31.2 Å². The number of fused-ring (bicyclic) bond motifs is 1. The normalized spacial score (nSPS) is 15.0. The third kappa shape index (κ3) is 4.47. The first-order chi connectivity index (χ1) is 13.3. The Kier molecular flexibility index (Phi) is 5.93. The quantitative estimate of drug-likeness (QED) is 0.828. The molecule has 3 rings (SSSR count). The first kappa shape index (κ1) is 20.2. The number of hydrogen-bond donors (Lipinski definition) is 1. The van der Waals surface area contributed by atoms with Crippen LogP contribution in [0.15, 0.2) is 47.4 Å². The summed E-state index contributed by atoms with van der Waals surface area (Å²) in [6.45, 7) is 5.18. The maximum atomic E-state index is 12.9. The number of ether oxygens (including phenoxy) is 2. The minimum atomic E-state index is -3.51. The lowest BCUT2D eigenvalue weighted by molar-refractivity contribution is 0.0922. The Balaban J connectivity index is 1.91. The van der Waals surface area contributed by atoms with Crippen LogP contribution in [0.25, 0.3) is 0 Å². The van der Waals surface area contributed by atoms with Gasteiger partial charge in [0.05, 0.1) is 29.7 Å². The number of hydrogen-bond acceptors (Lipinski definition) is 5. The summed E-state index contributed by atoms with van der Waals surface area (Å²) in [5, 5.41) is 2.98. The molecule has 0 spiro atoms. The average molecular weight is 404 g/mol. The molecule has 1 aliphatic rings. The smallest absolute Gasteiger partial charge is 0.253 e. The van der Waals surface area contributed by atoms with Gasteiger partial charge in [0.25, 0.3) is 5.91 Å². The van der Waals surface area contributed by atoms with Gasteiger partial charge in [-0.1, -0.05) is 32.0 Å². The van der Waals surface area contributed by atoms with E-state index in [1.807, 2.05) is 32.0 Å². The summed E-state index contributed by atoms with van der Waals surface area (Å²) in [7, 11) is -3.51. The van der Waals surface area contributed by atoms with Crippen LogP contribution in [0.5, 0.6) is 11.5 Å². The predicted octanol–water partition coefficient (Wildman–Crippen LogP) is 3.38. The van der Waals surface area contributed by atoms with Gasteiger partial charge in [0.15, 0.2) is 21.3 Å². The third-order valence-electron chi connectivity index (χ3n) is 4.62. The second kappa shape index (κ2) is 8.22. The van der Waals surface area contributed by atoms with Gasteiger partial charge in [0, 0.05) is 12.7 Å². The number of nitrogens with one attached hydrogen (secondary N) is 1. The topological polar surface area (TPSA) is 81.7 Å². The Morgan fingerprint density at radius 2 is 1.71 bits per heavy atom. The molecule has 150 valence electrons. The fraction of sp³-hybridized carbons (Fsp3) is 0.381. The fourth-order valence-corrected chi connectivity index (χ4v) is 4.09. The molecule has 0 saturated carbocycles. The molecule has 6 nitrogen and oxygen atoms in total. The van der Waals surface area contributed by atoms with Crippen LogP contribution in [0.4, 0.5) is 0 Å². The Morgan fingerprint density at radius 3 is 2.39 bits per heavy atom. The highest BCUT2D eigenvalue weighted by molar-refractivity contribution is 7.90. The molecule has 0 fully saturated rings. The lowest BCUT2D eigenvalue weighted by Gasteiger charge is -2.24. The van der Waals surface area contributed by atoms with Crippen molar-refractivity contribution in [3.8, 4) is 11.5 Å². The van der Waals surface area contributed by atoms with Crippen LogP contribution in [-0.2, 0) is 9.84 Å². The van der Waals surface area contributed by atoms with Crippen LogP contribution in [0.2, 0.25) is 0 Å². The molecule has 0 aromatic heterocycles. The van der Waals surface area contributed by atoms with Crippen molar-refractivity contribution in [2.24, 2.45) is 5.92 Å². The number of sulfone groups is 1. The predicted molar refractivity (Wildman–Crippen MR) is 107 cm³/mol. The van der Waals surface area contributed by atoms with E-state index in [1.54, 1.807) is 12.1 Å². The van der Waals surface area contributed by atoms with Crippen molar-refractivity contribution >= 4 is 15.7 Å². The minimum absolute atomic E-state index is 0.0219. The van der Waals surface area contributed by atoms with E-state index < -0.39 is 15.7 Å². The molecule has 0 aliphatic carbocycles. The van der Waals surface area contributed by atoms with E-state index in [0.717, 1.165) is 18.2 Å². The largest absolute Gasteiger partial charge is 0.490 e. The van der Waals surface area contributed by atoms with Crippen molar-refractivity contribution in [2.75, 3.05) is 19.5 Å². The summed E-state index contributed by atoms with van der Waals surface area (Å²) in [6.07, 6.45) is 1.92. The van der Waals surface area contributed by atoms with Gasteiger partial charge in [-0.05, 0) is 35.7 Å². The molecule has 1 heterocycles. The van der Waals surface area contributed by atoms with E-state index in [2.05, 4.69) is 5.32 Å². The molecule has 1 atom stereocenters. The van der Waals surface area contributed by atoms with E-state index in [9.17, 15) is 13.2 Å². The number of benzene rings is 2. The summed E-state index contributed by atoms with van der Waals surface area (Å²) >= 11 is 0. The molecule has 7 heteroatoms. The minimum Gasteiger partial charge on any atom is -0.490 e. The molecular formula is C21H25NO5S. The van der Waals surface area contributed by atoms with Gasteiger partial charge >= 0.3 is 0 Å². The number of amides is 1. The lowest BCUT2D eigenvalue weighted by atomic mass is 9.95. The maximum absolute atomic E-state index is 12.9. The average Bonchev–Trinajstić information content (AvgIpc) is 2.89. The van der Waals surface area contributed by atoms with Crippen molar-refractivity contribution in [3.63, 3.8) is 0 Å². The zero-order chi connectivity index (χ0) is 20.3. The van der Waals surface area contributed by atoms with Crippen LogP contribution in [0, 0.1) is 5.92 Å². The summed E-state index contributed by atoms with van der Waals surface area (Å²) in [5.41, 5.74) is 1.02. The second-order valence-electron chi connectivity index (χ2n) is 7.22. The van der Waals surface area contributed by atoms with Crippen LogP contribution in [0.1, 0.15) is 42.2 Å². The van der Waals surface area contributed by atoms with Gasteiger partial charge in [-0.15, -0.1) is 0 Å². The molecule has 2 aromatic carbocycles. The summed E-state index contributed by atoms with van der Waals surface area (Å²) < 4.78 is 35.5. The van der Waals surface area contributed by atoms with Gasteiger partial charge in [0.1, 0.15) is 0 Å². The van der Waals surface area contributed by atoms with Crippen LogP contribution < -0.4 is 14.8 Å². The van der Waals surface area contributed by atoms with Crippen molar-refractivity contribution in [1.29, 1.82) is 0 Å². The molecule has 1 unspecified atom stereocenters. The van der Waals surface area contributed by atoms with E-state index >= 15 is 0 Å². The number of carbonyl (C=O) groups is 1. The van der Waals surface area contributed by atoms with Crippen LogP contribution >= 0.6 is 0 Å². The molecule has 1 N–H and O–H groups in total. The van der Waals surface area contributed by atoms with E-state index in [1.165, 1.54) is 12.1 Å². The van der Waals surface area contributed by atoms with Gasteiger partial charge in [0.2, 0.25) is 0 Å². The molecule has 0 bridgehead atoms. The standard InChI is InChI=1S/C21H25NO5S/c1-14(2)20(15-9-10-17-18(13-15)27-12-6-11-26-17)22-21(23)16-7-4-5-8-19(16)28(3,24)25/h4-5,7-10,13-14,20H,6,11-12H2,1-3H3,(H,22,23). The Labute approximate surface area is 165 Å². The summed E-state index contributed by atoms with van der Waals surface area (Å²) in [4.78, 5) is 12.9. The van der Waals surface area contributed by atoms with Gasteiger partial charge in [-0.2, -0.15) is 0 Å². The van der Waals surface area contributed by atoms with Gasteiger partial charge in [-0.3, -0.25) is 4.79 Å². The molecule has 28 heavy (non-hydrogen) atoms. The molecule has 1 amide bonds. The highest BCUT2D eigenvalue weighted by Crippen LogP contribution is 2.34. The monoisotopic (exact) mass is 403 g/mol. The zero-order valence-electron chi connectivity index (χ0n) is 16.3. The van der Waals surface area contributed by atoms with Crippen molar-refractivity contribution in [3.05, 3.63) is 53.6 Å². The molecule has 1 aliphatic heterocycles. The Hall–Kier alpha value is -2.54. The second-order valence-corrected chi connectivity index (χ2v) is 9.20. The number of carbonyl (C=O) groups excluding carboxylic acids is 1. The van der Waals surface area contributed by atoms with E-state index in [-0.39, 0.29) is 22.4 Å². The SMILES string of the molecule is CC(C)C(NC(=O)c1ccccc1S(C)(=O)=O)c1ccc2c(c1)OCCCO2.